The van der Waals surface area contributed by atoms with Crippen LogP contribution in [0, 0.1) is 13.8 Å². The first-order chi connectivity index (χ1) is 15.0. The number of aryl methyl sites for hydroxylation is 2. The maximum Gasteiger partial charge on any atom is 0.251 e. The molecule has 1 heterocycles. The summed E-state index contributed by atoms with van der Waals surface area (Å²) >= 11 is 1.37. The highest BCUT2D eigenvalue weighted by atomic mass is 32.2. The monoisotopic (exact) mass is 436 g/mol. The van der Waals surface area contributed by atoms with E-state index in [4.69, 9.17) is 0 Å². The van der Waals surface area contributed by atoms with Crippen LogP contribution in [-0.2, 0) is 4.79 Å². The quantitative estimate of drug-likeness (QED) is 0.375. The van der Waals surface area contributed by atoms with Crippen molar-refractivity contribution in [2.45, 2.75) is 38.8 Å². The minimum atomic E-state index is -0.0731. The van der Waals surface area contributed by atoms with Crippen molar-refractivity contribution in [1.29, 1.82) is 0 Å². The van der Waals surface area contributed by atoms with Crippen molar-refractivity contribution >= 4 is 29.3 Å². The topological polar surface area (TPSA) is 76.0 Å². The number of anilines is 1. The maximum absolute atomic E-state index is 12.5. The fourth-order valence-corrected chi connectivity index (χ4v) is 3.94. The van der Waals surface area contributed by atoms with Crippen LogP contribution in [0.25, 0.3) is 5.69 Å². The molecule has 7 heteroatoms. The fourth-order valence-electron chi connectivity index (χ4n) is 3.16. The SMILES string of the molecule is CCCCNC(=O)c1ccc(-n2ccnc2SCC(=O)Nc2c(C)cccc2C)cc1. The average Bonchev–Trinajstić information content (AvgIpc) is 3.24. The molecule has 1 aromatic heterocycles. The van der Waals surface area contributed by atoms with E-state index in [0.29, 0.717) is 12.1 Å². The number of carbonyl (C=O) groups excluding carboxylic acids is 2. The molecule has 0 aliphatic rings. The van der Waals surface area contributed by atoms with Gasteiger partial charge in [-0.2, -0.15) is 0 Å². The number of hydrogen-bond acceptors (Lipinski definition) is 4. The van der Waals surface area contributed by atoms with Gasteiger partial charge in [-0.1, -0.05) is 43.3 Å². The van der Waals surface area contributed by atoms with Gasteiger partial charge >= 0.3 is 0 Å². The van der Waals surface area contributed by atoms with E-state index in [0.717, 1.165) is 40.5 Å². The number of thioether (sulfide) groups is 1. The lowest BCUT2D eigenvalue weighted by atomic mass is 10.1. The van der Waals surface area contributed by atoms with Crippen LogP contribution in [-0.4, -0.2) is 33.7 Å². The molecule has 0 radical (unpaired) electrons. The van der Waals surface area contributed by atoms with Gasteiger partial charge in [-0.05, 0) is 55.7 Å². The number of hydrogen-bond donors (Lipinski definition) is 2. The number of benzene rings is 2. The normalized spacial score (nSPS) is 10.7. The first-order valence-electron chi connectivity index (χ1n) is 10.4. The highest BCUT2D eigenvalue weighted by molar-refractivity contribution is 7.99. The van der Waals surface area contributed by atoms with Crippen molar-refractivity contribution in [3.8, 4) is 5.69 Å². The molecule has 0 aliphatic heterocycles. The Kier molecular flexibility index (Phi) is 7.89. The van der Waals surface area contributed by atoms with Crippen LogP contribution >= 0.6 is 11.8 Å². The molecule has 2 aromatic carbocycles. The number of para-hydroxylation sites is 1. The van der Waals surface area contributed by atoms with Crippen LogP contribution in [0.2, 0.25) is 0 Å². The number of nitrogens with zero attached hydrogens (tertiary/aromatic N) is 2. The molecule has 0 spiro atoms. The number of imidazole rings is 1. The Morgan fingerprint density at radius 1 is 1.06 bits per heavy atom. The number of amides is 2. The van der Waals surface area contributed by atoms with Gasteiger partial charge in [0.1, 0.15) is 0 Å². The van der Waals surface area contributed by atoms with Crippen molar-refractivity contribution in [3.05, 3.63) is 71.5 Å². The van der Waals surface area contributed by atoms with Crippen molar-refractivity contribution in [2.75, 3.05) is 17.6 Å². The Labute approximate surface area is 187 Å². The van der Waals surface area contributed by atoms with E-state index in [9.17, 15) is 9.59 Å². The molecule has 0 aliphatic carbocycles. The van der Waals surface area contributed by atoms with E-state index >= 15 is 0 Å². The van der Waals surface area contributed by atoms with Crippen LogP contribution in [0.4, 0.5) is 5.69 Å². The number of rotatable bonds is 9. The summed E-state index contributed by atoms with van der Waals surface area (Å²) in [4.78, 5) is 29.0. The van der Waals surface area contributed by atoms with Crippen LogP contribution < -0.4 is 10.6 Å². The van der Waals surface area contributed by atoms with Crippen LogP contribution in [0.5, 0.6) is 0 Å². The minimum Gasteiger partial charge on any atom is -0.352 e. The predicted molar refractivity (Wildman–Crippen MR) is 126 cm³/mol. The minimum absolute atomic E-state index is 0.0663. The lowest BCUT2D eigenvalue weighted by molar-refractivity contribution is -0.113. The summed E-state index contributed by atoms with van der Waals surface area (Å²) in [6, 6.07) is 13.3. The molecule has 0 saturated carbocycles. The molecular formula is C24H28N4O2S. The zero-order valence-corrected chi connectivity index (χ0v) is 19.0. The summed E-state index contributed by atoms with van der Waals surface area (Å²) in [6.45, 7) is 6.74. The highest BCUT2D eigenvalue weighted by Gasteiger charge is 2.12. The second-order valence-electron chi connectivity index (χ2n) is 7.34. The third kappa shape index (κ3) is 5.98. The van der Waals surface area contributed by atoms with Gasteiger partial charge in [0.25, 0.3) is 5.91 Å². The van der Waals surface area contributed by atoms with Gasteiger partial charge in [-0.25, -0.2) is 4.98 Å². The lowest BCUT2D eigenvalue weighted by Gasteiger charge is -2.12. The molecule has 0 fully saturated rings. The van der Waals surface area contributed by atoms with Gasteiger partial charge in [-0.3, -0.25) is 14.2 Å². The largest absolute Gasteiger partial charge is 0.352 e. The van der Waals surface area contributed by atoms with Gasteiger partial charge in [0.15, 0.2) is 5.16 Å². The Bertz CT molecular complexity index is 1020. The van der Waals surface area contributed by atoms with Crippen LogP contribution in [0.1, 0.15) is 41.3 Å². The Morgan fingerprint density at radius 3 is 2.45 bits per heavy atom. The predicted octanol–water partition coefficient (Wildman–Crippen LogP) is 4.75. The van der Waals surface area contributed by atoms with Gasteiger partial charge in [-0.15, -0.1) is 0 Å². The fraction of sp³-hybridized carbons (Fsp3) is 0.292. The van der Waals surface area contributed by atoms with Crippen molar-refractivity contribution in [1.82, 2.24) is 14.9 Å². The summed E-state index contributed by atoms with van der Waals surface area (Å²) in [6.07, 6.45) is 5.57. The molecule has 2 amide bonds. The number of nitrogens with one attached hydrogen (secondary N) is 2. The maximum atomic E-state index is 12.5. The first-order valence-corrected chi connectivity index (χ1v) is 11.4. The molecule has 0 unspecified atom stereocenters. The third-order valence-corrected chi connectivity index (χ3v) is 5.88. The molecule has 3 aromatic rings. The Morgan fingerprint density at radius 2 is 1.77 bits per heavy atom. The van der Waals surface area contributed by atoms with Crippen molar-refractivity contribution in [2.24, 2.45) is 0 Å². The summed E-state index contributed by atoms with van der Waals surface area (Å²) in [5.41, 5.74) is 4.46. The number of carbonyl (C=O) groups is 2. The molecule has 0 saturated heterocycles. The van der Waals surface area contributed by atoms with Gasteiger partial charge in [0.2, 0.25) is 5.91 Å². The second kappa shape index (κ2) is 10.8. The van der Waals surface area contributed by atoms with E-state index in [1.54, 1.807) is 18.3 Å². The van der Waals surface area contributed by atoms with Crippen LogP contribution in [0.3, 0.4) is 0 Å². The first kappa shape index (κ1) is 22.6. The zero-order chi connectivity index (χ0) is 22.2. The van der Waals surface area contributed by atoms with Crippen LogP contribution in [0.15, 0.2) is 60.0 Å². The van der Waals surface area contributed by atoms with Crippen molar-refractivity contribution in [3.63, 3.8) is 0 Å². The summed E-state index contributed by atoms with van der Waals surface area (Å²) in [7, 11) is 0. The molecule has 162 valence electrons. The Balaban J connectivity index is 1.62. The smallest absolute Gasteiger partial charge is 0.251 e. The van der Waals surface area contributed by atoms with E-state index < -0.39 is 0 Å². The lowest BCUT2D eigenvalue weighted by Crippen LogP contribution is -2.24. The van der Waals surface area contributed by atoms with Gasteiger partial charge in [0.05, 0.1) is 5.75 Å². The molecule has 3 rings (SSSR count). The number of aromatic nitrogens is 2. The molecule has 31 heavy (non-hydrogen) atoms. The van der Waals surface area contributed by atoms with Crippen molar-refractivity contribution < 1.29 is 9.59 Å². The van der Waals surface area contributed by atoms with Gasteiger partial charge < -0.3 is 10.6 Å². The standard InChI is InChI=1S/C24H28N4O2S/c1-4-5-13-25-23(30)19-9-11-20(12-10-19)28-15-14-26-24(28)31-16-21(29)27-22-17(2)7-6-8-18(22)3/h6-12,14-15H,4-5,13,16H2,1-3H3,(H,25,30)(H,27,29). The zero-order valence-electron chi connectivity index (χ0n) is 18.1. The van der Waals surface area contributed by atoms with E-state index in [-0.39, 0.29) is 17.6 Å². The molecule has 0 bridgehead atoms. The average molecular weight is 437 g/mol. The molecule has 6 nitrogen and oxygen atoms in total. The second-order valence-corrected chi connectivity index (χ2v) is 8.28. The van der Waals surface area contributed by atoms with E-state index in [1.807, 2.05) is 54.9 Å². The molecule has 2 N–H and O–H groups in total. The summed E-state index contributed by atoms with van der Waals surface area (Å²) < 4.78 is 1.91. The van der Waals surface area contributed by atoms with Gasteiger partial charge in [0, 0.05) is 35.9 Å². The van der Waals surface area contributed by atoms with E-state index in [1.165, 1.54) is 11.8 Å². The highest BCUT2D eigenvalue weighted by Crippen LogP contribution is 2.23. The number of unbranched alkanes of at least 4 members (excludes halogenated alkanes) is 1. The third-order valence-electron chi connectivity index (χ3n) is 4.91. The Hall–Kier alpha value is -3.06. The summed E-state index contributed by atoms with van der Waals surface area (Å²) in [5, 5.41) is 6.64. The molecular weight excluding hydrogens is 408 g/mol. The molecule has 0 atom stereocenters. The van der Waals surface area contributed by atoms with E-state index in [2.05, 4.69) is 22.5 Å². The summed E-state index contributed by atoms with van der Waals surface area (Å²) in [5.74, 6) is 0.113.